The summed E-state index contributed by atoms with van der Waals surface area (Å²) < 4.78 is 15.9. The van der Waals surface area contributed by atoms with Gasteiger partial charge in [0.15, 0.2) is 11.5 Å². The molecule has 110 valence electrons. The van der Waals surface area contributed by atoms with Crippen LogP contribution in [0.15, 0.2) is 30.3 Å². The molecule has 0 unspecified atom stereocenters. The van der Waals surface area contributed by atoms with Crippen LogP contribution in [-0.2, 0) is 12.8 Å². The maximum absolute atomic E-state index is 10.3. The molecule has 0 bridgehead atoms. The standard InChI is InChI=1S/C16H16O5/c1-19-13-8-11(14(18)16-15(13)20-9-21-16)6-5-10-3-2-4-12(17)7-10/h2-4,7-8,17-18H,5-6,9H2,1H3. The Morgan fingerprint density at radius 1 is 1.10 bits per heavy atom. The van der Waals surface area contributed by atoms with Crippen LogP contribution >= 0.6 is 0 Å². The molecule has 0 spiro atoms. The van der Waals surface area contributed by atoms with Crippen molar-refractivity contribution in [2.24, 2.45) is 0 Å². The molecule has 0 aromatic heterocycles. The predicted molar refractivity (Wildman–Crippen MR) is 76.3 cm³/mol. The van der Waals surface area contributed by atoms with Crippen LogP contribution in [-0.4, -0.2) is 24.1 Å². The van der Waals surface area contributed by atoms with E-state index >= 15 is 0 Å². The lowest BCUT2D eigenvalue weighted by molar-refractivity contribution is 0.169. The second-order valence-corrected chi connectivity index (χ2v) is 4.82. The summed E-state index contributed by atoms with van der Waals surface area (Å²) >= 11 is 0. The third-order valence-corrected chi connectivity index (χ3v) is 3.47. The average molecular weight is 288 g/mol. The highest BCUT2D eigenvalue weighted by atomic mass is 16.7. The Morgan fingerprint density at radius 3 is 2.67 bits per heavy atom. The molecule has 0 fully saturated rings. The first-order valence-corrected chi connectivity index (χ1v) is 6.65. The normalized spacial score (nSPS) is 12.4. The van der Waals surface area contributed by atoms with Crippen LogP contribution in [0.2, 0.25) is 0 Å². The first-order valence-electron chi connectivity index (χ1n) is 6.65. The summed E-state index contributed by atoms with van der Waals surface area (Å²) in [5.74, 6) is 1.64. The van der Waals surface area contributed by atoms with Gasteiger partial charge in [-0.3, -0.25) is 0 Å². The Bertz CT molecular complexity index is 666. The van der Waals surface area contributed by atoms with Gasteiger partial charge in [-0.15, -0.1) is 0 Å². The van der Waals surface area contributed by atoms with Crippen molar-refractivity contribution in [3.63, 3.8) is 0 Å². The van der Waals surface area contributed by atoms with Gasteiger partial charge in [0.25, 0.3) is 0 Å². The van der Waals surface area contributed by atoms with Gasteiger partial charge in [-0.1, -0.05) is 12.1 Å². The van der Waals surface area contributed by atoms with Crippen molar-refractivity contribution in [1.82, 2.24) is 0 Å². The second kappa shape index (κ2) is 5.44. The van der Waals surface area contributed by atoms with Gasteiger partial charge in [0.2, 0.25) is 18.3 Å². The lowest BCUT2D eigenvalue weighted by Crippen LogP contribution is -1.95. The highest BCUT2D eigenvalue weighted by Gasteiger charge is 2.25. The number of fused-ring (bicyclic) bond motifs is 1. The number of methoxy groups -OCH3 is 1. The van der Waals surface area contributed by atoms with Crippen LogP contribution < -0.4 is 14.2 Å². The van der Waals surface area contributed by atoms with Gasteiger partial charge in [0.1, 0.15) is 5.75 Å². The third kappa shape index (κ3) is 2.54. The van der Waals surface area contributed by atoms with Gasteiger partial charge in [0, 0.05) is 5.56 Å². The van der Waals surface area contributed by atoms with E-state index < -0.39 is 0 Å². The zero-order valence-electron chi connectivity index (χ0n) is 11.6. The molecule has 0 amide bonds. The SMILES string of the molecule is COc1cc(CCc2cccc(O)c2)c(O)c2c1OCO2. The number of hydrogen-bond acceptors (Lipinski definition) is 5. The third-order valence-electron chi connectivity index (χ3n) is 3.47. The summed E-state index contributed by atoms with van der Waals surface area (Å²) in [6.45, 7) is 0.0786. The molecule has 0 radical (unpaired) electrons. The first kappa shape index (κ1) is 13.4. The Labute approximate surface area is 122 Å². The van der Waals surface area contributed by atoms with E-state index in [4.69, 9.17) is 14.2 Å². The average Bonchev–Trinajstić information content (AvgIpc) is 2.97. The molecule has 5 heteroatoms. The van der Waals surface area contributed by atoms with Gasteiger partial charge in [-0.25, -0.2) is 0 Å². The molecule has 0 aliphatic carbocycles. The van der Waals surface area contributed by atoms with E-state index in [0.717, 1.165) is 11.1 Å². The van der Waals surface area contributed by atoms with E-state index in [2.05, 4.69) is 0 Å². The van der Waals surface area contributed by atoms with Crippen molar-refractivity contribution < 1.29 is 24.4 Å². The van der Waals surface area contributed by atoms with Gasteiger partial charge in [-0.05, 0) is 36.6 Å². The molecule has 0 saturated carbocycles. The summed E-state index contributed by atoms with van der Waals surface area (Å²) in [4.78, 5) is 0. The number of rotatable bonds is 4. The molecule has 0 atom stereocenters. The molecule has 2 aromatic carbocycles. The molecule has 1 aliphatic rings. The zero-order valence-corrected chi connectivity index (χ0v) is 11.6. The molecule has 2 N–H and O–H groups in total. The second-order valence-electron chi connectivity index (χ2n) is 4.82. The minimum Gasteiger partial charge on any atom is -0.508 e. The fraction of sp³-hybridized carbons (Fsp3) is 0.250. The molecular weight excluding hydrogens is 272 g/mol. The van der Waals surface area contributed by atoms with Crippen LogP contribution in [0, 0.1) is 0 Å². The smallest absolute Gasteiger partial charge is 0.231 e. The number of phenols is 2. The lowest BCUT2D eigenvalue weighted by Gasteiger charge is -2.11. The molecule has 3 rings (SSSR count). The van der Waals surface area contributed by atoms with E-state index in [1.807, 2.05) is 6.07 Å². The lowest BCUT2D eigenvalue weighted by atomic mass is 10.0. The molecule has 0 saturated heterocycles. The molecule has 2 aromatic rings. The van der Waals surface area contributed by atoms with E-state index in [9.17, 15) is 10.2 Å². The summed E-state index contributed by atoms with van der Waals surface area (Å²) in [5, 5.41) is 19.7. The topological polar surface area (TPSA) is 68.2 Å². The Morgan fingerprint density at radius 2 is 1.90 bits per heavy atom. The van der Waals surface area contributed by atoms with Crippen LogP contribution in [0.5, 0.6) is 28.7 Å². The van der Waals surface area contributed by atoms with E-state index in [-0.39, 0.29) is 18.3 Å². The summed E-state index contributed by atoms with van der Waals surface area (Å²) in [5.41, 5.74) is 1.71. The Balaban J connectivity index is 1.86. The Hall–Kier alpha value is -2.56. The number of benzene rings is 2. The number of aryl methyl sites for hydroxylation is 2. The number of hydrogen-bond donors (Lipinski definition) is 2. The summed E-state index contributed by atoms with van der Waals surface area (Å²) in [7, 11) is 1.55. The van der Waals surface area contributed by atoms with Crippen LogP contribution in [0.4, 0.5) is 0 Å². The molecule has 21 heavy (non-hydrogen) atoms. The number of aromatic hydroxyl groups is 2. The van der Waals surface area contributed by atoms with Crippen molar-refractivity contribution in [2.45, 2.75) is 12.8 Å². The quantitative estimate of drug-likeness (QED) is 0.905. The molecule has 1 heterocycles. The van der Waals surface area contributed by atoms with Crippen molar-refractivity contribution in [3.8, 4) is 28.7 Å². The van der Waals surface area contributed by atoms with Crippen molar-refractivity contribution in [1.29, 1.82) is 0 Å². The number of phenolic OH excluding ortho intramolecular Hbond substituents is 2. The number of ether oxygens (including phenoxy) is 3. The highest BCUT2D eigenvalue weighted by Crippen LogP contribution is 2.49. The maximum atomic E-state index is 10.3. The van der Waals surface area contributed by atoms with Crippen molar-refractivity contribution >= 4 is 0 Å². The largest absolute Gasteiger partial charge is 0.508 e. The summed E-state index contributed by atoms with van der Waals surface area (Å²) in [6.07, 6.45) is 1.28. The van der Waals surface area contributed by atoms with Gasteiger partial charge in [-0.2, -0.15) is 0 Å². The molecule has 5 nitrogen and oxygen atoms in total. The molecule has 1 aliphatic heterocycles. The van der Waals surface area contributed by atoms with Crippen LogP contribution in [0.1, 0.15) is 11.1 Å². The summed E-state index contributed by atoms with van der Waals surface area (Å²) in [6, 6.07) is 8.82. The monoisotopic (exact) mass is 288 g/mol. The minimum absolute atomic E-state index is 0.0786. The zero-order chi connectivity index (χ0) is 14.8. The maximum Gasteiger partial charge on any atom is 0.231 e. The van der Waals surface area contributed by atoms with Crippen LogP contribution in [0.3, 0.4) is 0 Å². The van der Waals surface area contributed by atoms with Gasteiger partial charge in [0.05, 0.1) is 7.11 Å². The highest BCUT2D eigenvalue weighted by molar-refractivity contribution is 5.63. The minimum atomic E-state index is 0.0786. The fourth-order valence-electron chi connectivity index (χ4n) is 2.41. The first-order chi connectivity index (χ1) is 10.2. The van der Waals surface area contributed by atoms with Gasteiger partial charge < -0.3 is 24.4 Å². The fourth-order valence-corrected chi connectivity index (χ4v) is 2.41. The Kier molecular flexibility index (Phi) is 3.48. The van der Waals surface area contributed by atoms with E-state index in [1.54, 1.807) is 31.4 Å². The van der Waals surface area contributed by atoms with E-state index in [1.165, 1.54) is 0 Å². The van der Waals surface area contributed by atoms with Crippen molar-refractivity contribution in [2.75, 3.05) is 13.9 Å². The molecular formula is C16H16O5. The predicted octanol–water partition coefficient (Wildman–Crippen LogP) is 2.62. The van der Waals surface area contributed by atoms with E-state index in [0.29, 0.717) is 30.1 Å². The van der Waals surface area contributed by atoms with Crippen molar-refractivity contribution in [3.05, 3.63) is 41.5 Å². The van der Waals surface area contributed by atoms with Crippen LogP contribution in [0.25, 0.3) is 0 Å². The van der Waals surface area contributed by atoms with Gasteiger partial charge >= 0.3 is 0 Å².